The van der Waals surface area contributed by atoms with E-state index < -0.39 is 39.2 Å². The van der Waals surface area contributed by atoms with Crippen LogP contribution >= 0.6 is 0 Å². The van der Waals surface area contributed by atoms with E-state index in [9.17, 15) is 23.1 Å². The number of hydrogen-bond acceptors (Lipinski definition) is 6. The van der Waals surface area contributed by atoms with Gasteiger partial charge in [-0.1, -0.05) is 72.8 Å². The number of nitrogens with zero attached hydrogens (tertiary/aromatic N) is 1. The number of sulfone groups is 1. The second kappa shape index (κ2) is 11.4. The molecule has 0 aromatic heterocycles. The zero-order chi connectivity index (χ0) is 29.0. The Balaban J connectivity index is 1.80. The summed E-state index contributed by atoms with van der Waals surface area (Å²) < 4.78 is 56.1. The van der Waals surface area contributed by atoms with Gasteiger partial charge in [0.15, 0.2) is 6.61 Å². The Morgan fingerprint density at radius 1 is 0.878 bits per heavy atom. The third-order valence-corrected chi connectivity index (χ3v) is 9.22. The number of aliphatic carboxylic acids is 1. The first kappa shape index (κ1) is 27.9. The number of ether oxygens (including phenoxy) is 2. The minimum atomic E-state index is -4.61. The maximum Gasteiger partial charge on any atom is 0.411 e. The first-order chi connectivity index (χ1) is 19.7. The maximum atomic E-state index is 15.0. The summed E-state index contributed by atoms with van der Waals surface area (Å²) in [7, 11) is -4.61. The molecule has 0 spiro atoms. The van der Waals surface area contributed by atoms with E-state index in [4.69, 9.17) is 9.47 Å². The lowest BCUT2D eigenvalue weighted by Gasteiger charge is -2.47. The molecule has 0 saturated carbocycles. The molecule has 1 N–H and O–H groups in total. The molecule has 210 valence electrons. The highest BCUT2D eigenvalue weighted by Crippen LogP contribution is 2.51. The van der Waals surface area contributed by atoms with Crippen LogP contribution in [0.15, 0.2) is 108 Å². The molecule has 8 nitrogen and oxygen atoms in total. The molecule has 4 aromatic carbocycles. The molecule has 1 aliphatic rings. The van der Waals surface area contributed by atoms with Crippen LogP contribution in [0.4, 0.5) is 9.18 Å². The van der Waals surface area contributed by atoms with E-state index in [0.717, 1.165) is 17.0 Å². The van der Waals surface area contributed by atoms with Crippen LogP contribution in [0.3, 0.4) is 0 Å². The van der Waals surface area contributed by atoms with Gasteiger partial charge in [0.1, 0.15) is 18.2 Å². The average molecular weight is 576 g/mol. The van der Waals surface area contributed by atoms with E-state index >= 15 is 4.39 Å². The number of benzene rings is 4. The van der Waals surface area contributed by atoms with Crippen LogP contribution < -0.4 is 4.74 Å². The Morgan fingerprint density at radius 3 is 2.24 bits per heavy atom. The Morgan fingerprint density at radius 2 is 1.54 bits per heavy atom. The van der Waals surface area contributed by atoms with E-state index in [1.54, 1.807) is 66.7 Å². The van der Waals surface area contributed by atoms with Crippen molar-refractivity contribution in [3.05, 3.63) is 131 Å². The van der Waals surface area contributed by atoms with Crippen molar-refractivity contribution < 1.29 is 37.0 Å². The van der Waals surface area contributed by atoms with E-state index in [1.165, 1.54) is 18.2 Å². The van der Waals surface area contributed by atoms with Crippen molar-refractivity contribution in [1.82, 2.24) is 4.90 Å². The fraction of sp³-hybridized carbons (Fsp3) is 0.161. The minimum Gasteiger partial charge on any atom is -0.481 e. The number of carbonyl (C=O) groups excluding carboxylic acids is 1. The summed E-state index contributed by atoms with van der Waals surface area (Å²) in [6.07, 6.45) is -0.653. The summed E-state index contributed by atoms with van der Waals surface area (Å²) in [4.78, 5) is 23.9. The summed E-state index contributed by atoms with van der Waals surface area (Å²) in [5.74, 6) is -2.32. The summed E-state index contributed by atoms with van der Waals surface area (Å²) in [6, 6.07) is 26.3. The van der Waals surface area contributed by atoms with Crippen molar-refractivity contribution in [2.75, 3.05) is 13.2 Å². The Kier molecular flexibility index (Phi) is 7.76. The predicted octanol–water partition coefficient (Wildman–Crippen LogP) is 5.16. The van der Waals surface area contributed by atoms with Gasteiger partial charge in [-0.2, -0.15) is 0 Å². The molecule has 1 heterocycles. The second-order valence-electron chi connectivity index (χ2n) is 9.38. The number of hydrogen-bond donors (Lipinski definition) is 1. The average Bonchev–Trinajstić information content (AvgIpc) is 2.99. The maximum absolute atomic E-state index is 15.0. The molecule has 0 bridgehead atoms. The third-order valence-electron chi connectivity index (χ3n) is 6.89. The first-order valence-corrected chi connectivity index (χ1v) is 14.2. The zero-order valence-corrected chi connectivity index (χ0v) is 22.6. The van der Waals surface area contributed by atoms with Crippen LogP contribution in [-0.4, -0.2) is 43.6 Å². The molecule has 1 atom stereocenters. The largest absolute Gasteiger partial charge is 0.481 e. The lowest BCUT2D eigenvalue weighted by molar-refractivity contribution is -0.139. The highest BCUT2D eigenvalue weighted by atomic mass is 32.2. The van der Waals surface area contributed by atoms with Gasteiger partial charge in [0, 0.05) is 17.7 Å². The monoisotopic (exact) mass is 575 g/mol. The van der Waals surface area contributed by atoms with Crippen molar-refractivity contribution in [3.63, 3.8) is 0 Å². The van der Waals surface area contributed by atoms with Crippen molar-refractivity contribution in [1.29, 1.82) is 0 Å². The summed E-state index contributed by atoms with van der Waals surface area (Å²) in [5.41, 5.74) is 1.27. The summed E-state index contributed by atoms with van der Waals surface area (Å²) in [6.45, 7) is -1.05. The molecule has 0 fully saturated rings. The van der Waals surface area contributed by atoms with Gasteiger partial charge in [0.05, 0.1) is 4.90 Å². The fourth-order valence-electron chi connectivity index (χ4n) is 5.15. The summed E-state index contributed by atoms with van der Waals surface area (Å²) in [5, 5.41) is 9.31. The van der Waals surface area contributed by atoms with Crippen LogP contribution in [-0.2, 0) is 37.3 Å². The van der Waals surface area contributed by atoms with Gasteiger partial charge < -0.3 is 14.6 Å². The molecule has 1 unspecified atom stereocenters. The van der Waals surface area contributed by atoms with Crippen LogP contribution in [0.25, 0.3) is 0 Å². The number of amides is 1. The lowest BCUT2D eigenvalue weighted by Crippen LogP contribution is -2.58. The molecule has 4 aromatic rings. The molecule has 41 heavy (non-hydrogen) atoms. The number of carboxylic acids is 1. The van der Waals surface area contributed by atoms with Gasteiger partial charge in [0.25, 0.3) is 0 Å². The molecular weight excluding hydrogens is 549 g/mol. The molecule has 0 radical (unpaired) electrons. The molecule has 10 heteroatoms. The van der Waals surface area contributed by atoms with Crippen molar-refractivity contribution in [2.45, 2.75) is 22.8 Å². The van der Waals surface area contributed by atoms with E-state index in [2.05, 4.69) is 0 Å². The second-order valence-corrected chi connectivity index (χ2v) is 11.5. The molecular formula is C31H26FNO7S. The lowest BCUT2D eigenvalue weighted by atomic mass is 9.87. The number of rotatable bonds is 8. The zero-order valence-electron chi connectivity index (χ0n) is 21.8. The van der Waals surface area contributed by atoms with Crippen molar-refractivity contribution in [2.24, 2.45) is 0 Å². The quantitative estimate of drug-likeness (QED) is 0.309. The number of carbonyl (C=O) groups is 2. The Hall–Kier alpha value is -4.70. The number of carboxylic acid groups (broad SMARTS) is 1. The third kappa shape index (κ3) is 5.14. The van der Waals surface area contributed by atoms with Crippen LogP contribution in [0.1, 0.15) is 22.3 Å². The van der Waals surface area contributed by atoms with E-state index in [1.807, 2.05) is 6.07 Å². The minimum absolute atomic E-state index is 0.0917. The standard InChI is InChI=1S/C31H26FNO7S/c32-24-15-16-28(39-21-29(34)35)27(19-24)31(41(37,38)25-12-5-2-6-13-25)26-14-8-7-11-23(26)17-18-33(31)30(36)40-20-22-9-3-1-4-10-22/h1-16,19H,17-18,20-21H2,(H,34,35). The Bertz CT molecular complexity index is 1680. The normalized spacial score (nSPS) is 16.5. The highest BCUT2D eigenvalue weighted by molar-refractivity contribution is 7.92. The van der Waals surface area contributed by atoms with Gasteiger partial charge >= 0.3 is 12.1 Å². The number of fused-ring (bicyclic) bond motifs is 1. The predicted molar refractivity (Wildman–Crippen MR) is 147 cm³/mol. The van der Waals surface area contributed by atoms with Gasteiger partial charge in [-0.05, 0) is 47.9 Å². The van der Waals surface area contributed by atoms with Gasteiger partial charge in [-0.3, -0.25) is 4.90 Å². The first-order valence-electron chi connectivity index (χ1n) is 12.8. The van der Waals surface area contributed by atoms with Gasteiger partial charge in [0.2, 0.25) is 14.7 Å². The van der Waals surface area contributed by atoms with Gasteiger partial charge in [-0.25, -0.2) is 22.4 Å². The van der Waals surface area contributed by atoms with Crippen molar-refractivity contribution >= 4 is 21.9 Å². The molecule has 1 aliphatic heterocycles. The van der Waals surface area contributed by atoms with E-state index in [0.29, 0.717) is 17.5 Å². The summed E-state index contributed by atoms with van der Waals surface area (Å²) >= 11 is 0. The topological polar surface area (TPSA) is 110 Å². The molecule has 1 amide bonds. The molecule has 5 rings (SSSR count). The molecule has 0 aliphatic carbocycles. The van der Waals surface area contributed by atoms with Gasteiger partial charge in [-0.15, -0.1) is 0 Å². The molecule has 0 saturated heterocycles. The highest BCUT2D eigenvalue weighted by Gasteiger charge is 2.59. The van der Waals surface area contributed by atoms with Crippen molar-refractivity contribution in [3.8, 4) is 5.75 Å². The number of halogens is 1. The van der Waals surface area contributed by atoms with Crippen LogP contribution in [0, 0.1) is 5.82 Å². The smallest absolute Gasteiger partial charge is 0.411 e. The van der Waals surface area contributed by atoms with Crippen LogP contribution in [0.2, 0.25) is 0 Å². The van der Waals surface area contributed by atoms with Crippen LogP contribution in [0.5, 0.6) is 5.75 Å². The SMILES string of the molecule is O=C(O)COc1ccc(F)cc1C1(S(=O)(=O)c2ccccc2)c2ccccc2CCN1C(=O)OCc1ccccc1. The fourth-order valence-corrected chi connectivity index (χ4v) is 7.40. The Labute approximate surface area is 236 Å². The van der Waals surface area contributed by atoms with E-state index in [-0.39, 0.29) is 34.9 Å².